The molecule has 0 aromatic rings. The van der Waals surface area contributed by atoms with Gasteiger partial charge in [0.25, 0.3) is 0 Å². The number of ether oxygens (including phenoxy) is 1. The smallest absolute Gasteiger partial charge is 0.328 e. The molecule has 108 valence electrons. The van der Waals surface area contributed by atoms with Crippen molar-refractivity contribution in [2.75, 3.05) is 26.3 Å². The van der Waals surface area contributed by atoms with E-state index < -0.39 is 12.0 Å². The van der Waals surface area contributed by atoms with Gasteiger partial charge in [-0.2, -0.15) is 0 Å². The van der Waals surface area contributed by atoms with E-state index in [4.69, 9.17) is 4.74 Å². The Morgan fingerprint density at radius 1 is 1.26 bits per heavy atom. The number of likely N-dealkylation sites (tertiary alicyclic amines) is 1. The number of nitrogens with zero attached hydrogens (tertiary/aromatic N) is 2. The van der Waals surface area contributed by atoms with Gasteiger partial charge in [-0.25, -0.2) is 9.59 Å². The molecule has 0 saturated carbocycles. The molecule has 0 aromatic heterocycles. The first-order valence-corrected chi connectivity index (χ1v) is 7.03. The van der Waals surface area contributed by atoms with Crippen LogP contribution in [0.5, 0.6) is 0 Å². The van der Waals surface area contributed by atoms with E-state index in [0.717, 1.165) is 32.2 Å². The molecule has 6 heteroatoms. The Morgan fingerprint density at radius 3 is 2.74 bits per heavy atom. The zero-order valence-electron chi connectivity index (χ0n) is 11.4. The highest BCUT2D eigenvalue weighted by Gasteiger charge is 2.37. The zero-order valence-corrected chi connectivity index (χ0v) is 11.4. The number of amides is 2. The molecule has 0 radical (unpaired) electrons. The Kier molecular flexibility index (Phi) is 4.63. The fourth-order valence-corrected chi connectivity index (χ4v) is 2.88. The lowest BCUT2D eigenvalue weighted by atomic mass is 10.0. The number of rotatable bonds is 2. The van der Waals surface area contributed by atoms with Crippen LogP contribution in [-0.2, 0) is 9.53 Å². The van der Waals surface area contributed by atoms with Crippen molar-refractivity contribution in [3.05, 3.63) is 0 Å². The molecule has 2 heterocycles. The maximum Gasteiger partial charge on any atom is 0.328 e. The van der Waals surface area contributed by atoms with Crippen LogP contribution in [-0.4, -0.2) is 65.3 Å². The van der Waals surface area contributed by atoms with Crippen molar-refractivity contribution in [2.24, 2.45) is 0 Å². The number of hydrogen-bond donors (Lipinski definition) is 1. The molecule has 1 N–H and O–H groups in total. The van der Waals surface area contributed by atoms with E-state index in [1.807, 2.05) is 4.90 Å². The molecule has 2 fully saturated rings. The molecule has 2 aliphatic rings. The van der Waals surface area contributed by atoms with Gasteiger partial charge in [0.15, 0.2) is 6.04 Å². The summed E-state index contributed by atoms with van der Waals surface area (Å²) >= 11 is 0. The Morgan fingerprint density at radius 2 is 2.05 bits per heavy atom. The fourth-order valence-electron chi connectivity index (χ4n) is 2.88. The van der Waals surface area contributed by atoms with Crippen molar-refractivity contribution < 1.29 is 19.4 Å². The summed E-state index contributed by atoms with van der Waals surface area (Å²) in [6.45, 7) is 3.68. The number of carboxylic acid groups (broad SMARTS) is 1. The summed E-state index contributed by atoms with van der Waals surface area (Å²) < 4.78 is 5.17. The molecule has 2 unspecified atom stereocenters. The van der Waals surface area contributed by atoms with Gasteiger partial charge in [0, 0.05) is 19.1 Å². The van der Waals surface area contributed by atoms with Crippen molar-refractivity contribution in [3.63, 3.8) is 0 Å². The van der Waals surface area contributed by atoms with E-state index in [0.29, 0.717) is 13.2 Å². The minimum atomic E-state index is -0.988. The minimum absolute atomic E-state index is 0.0890. The van der Waals surface area contributed by atoms with Crippen molar-refractivity contribution in [1.29, 1.82) is 0 Å². The van der Waals surface area contributed by atoms with E-state index in [1.165, 1.54) is 4.90 Å². The third kappa shape index (κ3) is 3.00. The molecule has 0 aromatic carbocycles. The molecular formula is C13H22N2O4. The summed E-state index contributed by atoms with van der Waals surface area (Å²) in [5.41, 5.74) is 0. The Hall–Kier alpha value is -1.30. The summed E-state index contributed by atoms with van der Waals surface area (Å²) in [4.78, 5) is 27.1. The quantitative estimate of drug-likeness (QED) is 0.817. The molecule has 0 bridgehead atoms. The lowest BCUT2D eigenvalue weighted by Crippen LogP contribution is -2.58. The predicted molar refractivity (Wildman–Crippen MR) is 69.0 cm³/mol. The van der Waals surface area contributed by atoms with Gasteiger partial charge in [-0.15, -0.1) is 0 Å². The fraction of sp³-hybridized carbons (Fsp3) is 0.846. The summed E-state index contributed by atoms with van der Waals surface area (Å²) in [6, 6.07) is -0.735. The highest BCUT2D eigenvalue weighted by atomic mass is 16.5. The third-order valence-electron chi connectivity index (χ3n) is 4.00. The van der Waals surface area contributed by atoms with E-state index in [1.54, 1.807) is 0 Å². The summed E-state index contributed by atoms with van der Waals surface area (Å²) in [6.07, 6.45) is 4.09. The van der Waals surface area contributed by atoms with Crippen LogP contribution < -0.4 is 0 Å². The lowest BCUT2D eigenvalue weighted by molar-refractivity contribution is -0.147. The number of carboxylic acids is 1. The van der Waals surface area contributed by atoms with Gasteiger partial charge in [0.05, 0.1) is 13.2 Å². The molecule has 0 spiro atoms. The summed E-state index contributed by atoms with van der Waals surface area (Å²) in [5.74, 6) is -0.988. The molecule has 2 amide bonds. The zero-order chi connectivity index (χ0) is 13.8. The van der Waals surface area contributed by atoms with Crippen LogP contribution in [0.1, 0.15) is 32.6 Å². The van der Waals surface area contributed by atoms with Gasteiger partial charge >= 0.3 is 12.0 Å². The lowest BCUT2D eigenvalue weighted by Gasteiger charge is -2.41. The molecular weight excluding hydrogens is 248 g/mol. The minimum Gasteiger partial charge on any atom is -0.480 e. The number of carbonyl (C=O) groups is 2. The standard InChI is InChI=1S/C13H22N2O4/c1-2-10-5-3-4-6-14(10)13(18)15-7-8-19-9-11(15)12(16)17/h10-11H,2-9H2,1H3,(H,16,17). The second-order valence-electron chi connectivity index (χ2n) is 5.16. The van der Waals surface area contributed by atoms with E-state index in [2.05, 4.69) is 6.92 Å². The SMILES string of the molecule is CCC1CCCCN1C(=O)N1CCOCC1C(=O)O. The molecule has 0 aliphatic carbocycles. The molecule has 2 atom stereocenters. The number of aliphatic carboxylic acids is 1. The second-order valence-corrected chi connectivity index (χ2v) is 5.16. The highest BCUT2D eigenvalue weighted by molar-refractivity contribution is 5.83. The van der Waals surface area contributed by atoms with Crippen LogP contribution in [0.25, 0.3) is 0 Å². The van der Waals surface area contributed by atoms with E-state index >= 15 is 0 Å². The highest BCUT2D eigenvalue weighted by Crippen LogP contribution is 2.22. The van der Waals surface area contributed by atoms with Crippen molar-refractivity contribution >= 4 is 12.0 Å². The normalized spacial score (nSPS) is 28.3. The Bertz CT molecular complexity index is 348. The van der Waals surface area contributed by atoms with Crippen LogP contribution in [0.15, 0.2) is 0 Å². The van der Waals surface area contributed by atoms with Crippen molar-refractivity contribution in [3.8, 4) is 0 Å². The van der Waals surface area contributed by atoms with Gasteiger partial charge in [-0.05, 0) is 25.7 Å². The number of carbonyl (C=O) groups excluding carboxylic acids is 1. The van der Waals surface area contributed by atoms with E-state index in [-0.39, 0.29) is 18.7 Å². The summed E-state index contributed by atoms with van der Waals surface area (Å²) in [7, 11) is 0. The van der Waals surface area contributed by atoms with Gasteiger partial charge < -0.3 is 19.6 Å². The number of hydrogen-bond acceptors (Lipinski definition) is 3. The first kappa shape index (κ1) is 14.1. The molecule has 2 rings (SSSR count). The van der Waals surface area contributed by atoms with Gasteiger partial charge in [0.2, 0.25) is 0 Å². The largest absolute Gasteiger partial charge is 0.480 e. The van der Waals surface area contributed by atoms with Crippen LogP contribution in [0.4, 0.5) is 4.79 Å². The van der Waals surface area contributed by atoms with Gasteiger partial charge in [-0.1, -0.05) is 6.92 Å². The number of piperidine rings is 1. The number of morpholine rings is 1. The van der Waals surface area contributed by atoms with Gasteiger partial charge in [-0.3, -0.25) is 0 Å². The predicted octanol–water partition coefficient (Wildman–Crippen LogP) is 1.16. The summed E-state index contributed by atoms with van der Waals surface area (Å²) in [5, 5.41) is 9.19. The first-order valence-electron chi connectivity index (χ1n) is 7.03. The van der Waals surface area contributed by atoms with E-state index in [9.17, 15) is 14.7 Å². The maximum atomic E-state index is 12.6. The van der Waals surface area contributed by atoms with Gasteiger partial charge in [0.1, 0.15) is 0 Å². The topological polar surface area (TPSA) is 70.1 Å². The molecule has 2 saturated heterocycles. The second kappa shape index (κ2) is 6.23. The first-order chi connectivity index (χ1) is 9.15. The van der Waals surface area contributed by atoms with Crippen molar-refractivity contribution in [2.45, 2.75) is 44.7 Å². The Balaban J connectivity index is 2.09. The number of urea groups is 1. The molecule has 19 heavy (non-hydrogen) atoms. The average molecular weight is 270 g/mol. The Labute approximate surface area is 113 Å². The monoisotopic (exact) mass is 270 g/mol. The van der Waals surface area contributed by atoms with Crippen LogP contribution in [0.3, 0.4) is 0 Å². The van der Waals surface area contributed by atoms with Crippen LogP contribution >= 0.6 is 0 Å². The van der Waals surface area contributed by atoms with Crippen LogP contribution in [0.2, 0.25) is 0 Å². The van der Waals surface area contributed by atoms with Crippen molar-refractivity contribution in [1.82, 2.24) is 9.80 Å². The maximum absolute atomic E-state index is 12.6. The molecule has 6 nitrogen and oxygen atoms in total. The average Bonchev–Trinajstić information content (AvgIpc) is 2.46. The molecule has 2 aliphatic heterocycles. The van der Waals surface area contributed by atoms with Crippen LogP contribution in [0, 0.1) is 0 Å². The third-order valence-corrected chi connectivity index (χ3v) is 4.00.